The number of carbonyl (C=O) groups is 11. The van der Waals surface area contributed by atoms with Crippen molar-refractivity contribution in [1.82, 2.24) is 79.7 Å². The fourth-order valence-electron chi connectivity index (χ4n) is 7.93. The number of aromatic nitrogens is 16. The first-order valence-corrected chi connectivity index (χ1v) is 31.8. The van der Waals surface area contributed by atoms with E-state index in [0.717, 1.165) is 23.2 Å². The summed E-state index contributed by atoms with van der Waals surface area (Å²) in [6, 6.07) is 15.8. The summed E-state index contributed by atoms with van der Waals surface area (Å²) in [5, 5.41) is 76.2. The molecule has 0 aliphatic heterocycles. The molecule has 2 amide bonds. The van der Waals surface area contributed by atoms with Crippen molar-refractivity contribution in [2.75, 3.05) is 22.5 Å². The van der Waals surface area contributed by atoms with Crippen molar-refractivity contribution in [3.63, 3.8) is 0 Å². The highest BCUT2D eigenvalue weighted by molar-refractivity contribution is 6.33. The summed E-state index contributed by atoms with van der Waals surface area (Å²) < 4.78 is 0. The lowest BCUT2D eigenvalue weighted by molar-refractivity contribution is -0.148. The van der Waals surface area contributed by atoms with E-state index in [1.165, 1.54) is 74.5 Å². The van der Waals surface area contributed by atoms with Gasteiger partial charge >= 0.3 is 47.8 Å². The molecular formula is C69H75N19O19. The number of nitrogens with one attached hydrogen (secondary N) is 3. The molecule has 1 aliphatic carbocycles. The molecule has 8 aromatic heterocycles. The maximum atomic E-state index is 12.0. The van der Waals surface area contributed by atoms with Crippen LogP contribution in [0.5, 0.6) is 0 Å². The number of hydrogen-bond donors (Lipinski definition) is 11. The van der Waals surface area contributed by atoms with Crippen molar-refractivity contribution >= 4 is 83.2 Å². The molecule has 1 aliphatic rings. The van der Waals surface area contributed by atoms with Gasteiger partial charge in [-0.2, -0.15) is 0 Å². The van der Waals surface area contributed by atoms with Crippen molar-refractivity contribution in [3.8, 4) is 0 Å². The molecule has 4 atom stereocenters. The highest BCUT2D eigenvalue weighted by Gasteiger charge is 2.34. The third-order valence-corrected chi connectivity index (χ3v) is 13.3. The second kappa shape index (κ2) is 51.0. The Labute approximate surface area is 609 Å². The molecule has 38 nitrogen and oxygen atoms in total. The lowest BCUT2D eigenvalue weighted by Gasteiger charge is -2.23. The Morgan fingerprint density at radius 1 is 0.439 bits per heavy atom. The van der Waals surface area contributed by atoms with Gasteiger partial charge in [-0.1, -0.05) is 38.1 Å². The van der Waals surface area contributed by atoms with Gasteiger partial charge in [-0.15, -0.1) is 0 Å². The number of ketones is 1. The lowest BCUT2D eigenvalue weighted by atomic mass is 9.82. The van der Waals surface area contributed by atoms with Gasteiger partial charge < -0.3 is 46.2 Å². The van der Waals surface area contributed by atoms with Crippen LogP contribution in [0.1, 0.15) is 101 Å². The molecule has 560 valence electrons. The Kier molecular flexibility index (Phi) is 41.5. The van der Waals surface area contributed by atoms with Gasteiger partial charge in [0.15, 0.2) is 0 Å². The molecule has 0 spiro atoms. The second-order valence-electron chi connectivity index (χ2n) is 21.6. The molecule has 10 rings (SSSR count). The molecular weight excluding hydrogens is 1400 g/mol. The number of carboxylic acid groups (broad SMARTS) is 8. The Morgan fingerprint density at radius 2 is 0.888 bits per heavy atom. The third-order valence-electron chi connectivity index (χ3n) is 13.3. The standard InChI is InChI=1S/C12H13N3O3.C12H9N3O3.3C8H10N2O2.C7H9N3O2.C7H6N2O3.C7H8N2O2/c2*16-10(15-12-13-6-3-7-14-12)8-4-1-2-5-9(8)11(17)18;1-6(8(11)12)4-7-2-3-9-5-10-7;1-6(8(11)12)5-7-9-3-2-4-10-7;11-8(12)3-1-2-7-4-9-6-10-5-7;11-6(12)2-5-10-7-8-3-1-4-9-7;10-6(7(11)12)3-5-1-2-8-4-9-5;10-7(11)2-1-6-3-8-5-9-4-6/h1-3,6-9H,4-5H2,(H,17,18)(H,13,14,15,16);1-7H,(H,17,18)(H,13,14,15,16);2-3,5-6H,4H2,1H3,(H,11,12);2-4,6H,5H2,1H3,(H,11,12);4-6H,1-3H2,(H,11,12);1,3-4H,2,5H2,(H,11,12)(H,8,9,10);1-2,4H,3H2,(H,11,12);3-5H,1-2H2,(H,10,11). The van der Waals surface area contributed by atoms with Gasteiger partial charge in [0.05, 0.1) is 53.3 Å². The van der Waals surface area contributed by atoms with Crippen LogP contribution in [-0.4, -0.2) is 192 Å². The molecule has 38 heteroatoms. The van der Waals surface area contributed by atoms with E-state index in [9.17, 15) is 52.7 Å². The third kappa shape index (κ3) is 39.5. The smallest absolute Gasteiger partial charge is 0.372 e. The van der Waals surface area contributed by atoms with E-state index in [4.69, 9.17) is 40.9 Å². The lowest BCUT2D eigenvalue weighted by Crippen LogP contribution is -2.35. The van der Waals surface area contributed by atoms with Crippen LogP contribution in [0.15, 0.2) is 185 Å². The van der Waals surface area contributed by atoms with Crippen LogP contribution in [-0.2, 0) is 75.3 Å². The SMILES string of the molecule is CC(Cc1ccncn1)C(=O)O.CC(Cc1ncccn1)C(=O)O.O=C(O)C(=O)Cc1ccncn1.O=C(O)C1CC=CCC1C(=O)Nc1ncccn1.O=C(O)CCCc1cncnc1.O=C(O)CCNc1ncccn1.O=C(O)CCc1cncnc1.O=C(O)c1ccccc1C(=O)Nc1ncccn1. The molecule has 0 fully saturated rings. The Morgan fingerprint density at radius 3 is 1.35 bits per heavy atom. The van der Waals surface area contributed by atoms with E-state index in [-0.39, 0.29) is 60.5 Å². The monoisotopic (exact) mass is 1470 g/mol. The predicted molar refractivity (Wildman–Crippen MR) is 374 cm³/mol. The van der Waals surface area contributed by atoms with E-state index in [1.54, 1.807) is 118 Å². The zero-order valence-corrected chi connectivity index (χ0v) is 57.3. The first-order chi connectivity index (χ1) is 51.3. The van der Waals surface area contributed by atoms with Gasteiger partial charge in [0.25, 0.3) is 5.91 Å². The van der Waals surface area contributed by atoms with E-state index in [0.29, 0.717) is 62.5 Å². The van der Waals surface area contributed by atoms with Gasteiger partial charge in [-0.05, 0) is 91.8 Å². The normalized spacial score (nSPS) is 12.4. The van der Waals surface area contributed by atoms with Gasteiger partial charge in [-0.25, -0.2) is 89.3 Å². The highest BCUT2D eigenvalue weighted by Crippen LogP contribution is 2.27. The van der Waals surface area contributed by atoms with Crippen LogP contribution in [0.3, 0.4) is 0 Å². The second-order valence-corrected chi connectivity index (χ2v) is 21.6. The van der Waals surface area contributed by atoms with E-state index in [1.807, 2.05) is 6.08 Å². The number of aromatic carboxylic acids is 1. The number of Topliss-reactive ketones (excluding diaryl/α,β-unsaturated/α-hetero) is 1. The van der Waals surface area contributed by atoms with Crippen molar-refractivity contribution < 1.29 is 93.6 Å². The molecule has 0 saturated heterocycles. The van der Waals surface area contributed by atoms with E-state index >= 15 is 0 Å². The summed E-state index contributed by atoms with van der Waals surface area (Å²) in [7, 11) is 0. The van der Waals surface area contributed by atoms with Crippen LogP contribution in [0.2, 0.25) is 0 Å². The average Bonchev–Trinajstić information content (AvgIpc) is 0.848. The minimum atomic E-state index is -1.44. The number of nitrogens with zero attached hydrogens (tertiary/aromatic N) is 16. The Balaban J connectivity index is 0.000000320. The number of amides is 2. The number of aliphatic carboxylic acids is 7. The molecule has 4 unspecified atom stereocenters. The quantitative estimate of drug-likeness (QED) is 0.0239. The van der Waals surface area contributed by atoms with Gasteiger partial charge in [-0.3, -0.25) is 53.8 Å². The average molecular weight is 1470 g/mol. The fraction of sp³-hybridized carbons (Fsp3) is 0.261. The van der Waals surface area contributed by atoms with E-state index < -0.39 is 77.2 Å². The molecule has 1 aromatic carbocycles. The summed E-state index contributed by atoms with van der Waals surface area (Å²) in [6.45, 7) is 3.64. The summed E-state index contributed by atoms with van der Waals surface area (Å²) >= 11 is 0. The van der Waals surface area contributed by atoms with E-state index in [2.05, 4.69) is 95.7 Å². The van der Waals surface area contributed by atoms with Crippen LogP contribution >= 0.6 is 0 Å². The molecule has 8 heterocycles. The van der Waals surface area contributed by atoms with Crippen molar-refractivity contribution in [2.24, 2.45) is 23.7 Å². The highest BCUT2D eigenvalue weighted by atomic mass is 16.4. The first kappa shape index (κ1) is 87.0. The van der Waals surface area contributed by atoms with Crippen LogP contribution in [0.25, 0.3) is 0 Å². The van der Waals surface area contributed by atoms with Crippen LogP contribution in [0, 0.1) is 23.7 Å². The summed E-state index contributed by atoms with van der Waals surface area (Å²) in [5.74, 6) is -10.0. The number of carboxylic acids is 8. The summed E-state index contributed by atoms with van der Waals surface area (Å²) in [6.07, 6.45) is 35.0. The first-order valence-electron chi connectivity index (χ1n) is 31.8. The largest absolute Gasteiger partial charge is 0.481 e. The van der Waals surface area contributed by atoms with Gasteiger partial charge in [0, 0.05) is 125 Å². The number of anilines is 3. The molecule has 0 radical (unpaired) electrons. The minimum Gasteiger partial charge on any atom is -0.481 e. The zero-order chi connectivity index (χ0) is 78.6. The molecule has 0 saturated carbocycles. The fourth-order valence-corrected chi connectivity index (χ4v) is 7.93. The predicted octanol–water partition coefficient (Wildman–Crippen LogP) is 5.40. The summed E-state index contributed by atoms with van der Waals surface area (Å²) in [5.41, 5.74) is 3.02. The zero-order valence-electron chi connectivity index (χ0n) is 57.3. The van der Waals surface area contributed by atoms with Crippen molar-refractivity contribution in [2.45, 2.75) is 84.5 Å². The Bertz CT molecular complexity index is 4090. The van der Waals surface area contributed by atoms with Gasteiger partial charge in [0.2, 0.25) is 29.5 Å². The molecule has 9 aromatic rings. The number of benzene rings is 1. The molecule has 107 heavy (non-hydrogen) atoms. The van der Waals surface area contributed by atoms with Crippen molar-refractivity contribution in [1.29, 1.82) is 0 Å². The molecule has 11 N–H and O–H groups in total. The topological polar surface area (TPSA) is 592 Å². The van der Waals surface area contributed by atoms with Crippen LogP contribution < -0.4 is 16.0 Å². The summed E-state index contributed by atoms with van der Waals surface area (Å²) in [4.78, 5) is 179. The number of hydrogen-bond acceptors (Lipinski definition) is 28. The van der Waals surface area contributed by atoms with Gasteiger partial charge in [0.1, 0.15) is 31.1 Å². The Hall–Kier alpha value is -14.2. The van der Waals surface area contributed by atoms with Crippen LogP contribution in [0.4, 0.5) is 17.8 Å². The number of aryl methyl sites for hydroxylation is 2. The number of allylic oxidation sites excluding steroid dienone is 2. The molecule has 0 bridgehead atoms. The number of rotatable bonds is 26. The maximum absolute atomic E-state index is 12.0. The maximum Gasteiger partial charge on any atom is 0.372 e. The minimum absolute atomic E-state index is 0.0640. The number of carbonyl (C=O) groups excluding carboxylic acids is 3. The van der Waals surface area contributed by atoms with Crippen molar-refractivity contribution in [3.05, 3.63) is 224 Å².